The molecular formula is C13H15O5PS. The Labute approximate surface area is 120 Å². The van der Waals surface area contributed by atoms with Crippen molar-refractivity contribution in [2.24, 2.45) is 0 Å². The second-order valence-electron chi connectivity index (χ2n) is 4.39. The van der Waals surface area contributed by atoms with Gasteiger partial charge in [-0.05, 0) is 24.3 Å². The predicted octanol–water partition coefficient (Wildman–Crippen LogP) is 2.59. The molecule has 0 saturated heterocycles. The highest BCUT2D eigenvalue weighted by Crippen LogP contribution is 2.35. The molecule has 2 N–H and O–H groups in total. The van der Waals surface area contributed by atoms with Gasteiger partial charge in [0, 0.05) is 16.7 Å². The van der Waals surface area contributed by atoms with Crippen molar-refractivity contribution in [1.82, 2.24) is 0 Å². The molecule has 1 aromatic heterocycles. The highest BCUT2D eigenvalue weighted by atomic mass is 32.2. The van der Waals surface area contributed by atoms with Crippen molar-refractivity contribution in [3.8, 4) is 0 Å². The molecule has 0 atom stereocenters. The van der Waals surface area contributed by atoms with Gasteiger partial charge in [0.15, 0.2) is 0 Å². The quantitative estimate of drug-likeness (QED) is 0.484. The van der Waals surface area contributed by atoms with Gasteiger partial charge in [0.25, 0.3) is 0 Å². The van der Waals surface area contributed by atoms with Crippen LogP contribution in [0.1, 0.15) is 12.0 Å². The van der Waals surface area contributed by atoms with Gasteiger partial charge in [-0.3, -0.25) is 4.57 Å². The van der Waals surface area contributed by atoms with E-state index in [1.54, 1.807) is 12.1 Å². The van der Waals surface area contributed by atoms with Crippen LogP contribution in [0.25, 0.3) is 11.0 Å². The minimum absolute atomic E-state index is 0.119. The third-order valence-corrected chi connectivity index (χ3v) is 4.70. The molecule has 0 aliphatic heterocycles. The van der Waals surface area contributed by atoms with Crippen molar-refractivity contribution < 1.29 is 18.8 Å². The fraction of sp³-hybridized carbons (Fsp3) is 0.308. The molecule has 0 aliphatic carbocycles. The van der Waals surface area contributed by atoms with Crippen LogP contribution in [0, 0.1) is 0 Å². The van der Waals surface area contributed by atoms with Crippen LogP contribution in [-0.2, 0) is 10.3 Å². The fourth-order valence-corrected chi connectivity index (χ4v) is 3.46. The number of hydrogen-bond donors (Lipinski definition) is 2. The summed E-state index contributed by atoms with van der Waals surface area (Å²) < 4.78 is 15.9. The molecule has 0 unspecified atom stereocenters. The number of fused-ring (bicyclic) bond motifs is 1. The molecule has 108 valence electrons. The molecule has 2 aromatic rings. The topological polar surface area (TPSA) is 87.7 Å². The first-order chi connectivity index (χ1) is 9.46. The predicted molar refractivity (Wildman–Crippen MR) is 80.2 cm³/mol. The van der Waals surface area contributed by atoms with Crippen LogP contribution in [0.5, 0.6) is 0 Å². The SMILES string of the molecule is O=c1oc2ccccc2cc1CSCCCP(=O)(O)O. The molecule has 0 amide bonds. The van der Waals surface area contributed by atoms with Crippen molar-refractivity contribution in [2.45, 2.75) is 12.2 Å². The Bertz CT molecular complexity index is 690. The molecular weight excluding hydrogens is 299 g/mol. The largest absolute Gasteiger partial charge is 0.423 e. The minimum Gasteiger partial charge on any atom is -0.423 e. The summed E-state index contributed by atoms with van der Waals surface area (Å²) in [5.41, 5.74) is 0.781. The molecule has 1 aromatic carbocycles. The van der Waals surface area contributed by atoms with E-state index in [-0.39, 0.29) is 11.8 Å². The molecule has 7 heteroatoms. The van der Waals surface area contributed by atoms with E-state index in [9.17, 15) is 9.36 Å². The number of para-hydroxylation sites is 1. The molecule has 2 rings (SSSR count). The molecule has 5 nitrogen and oxygen atoms in total. The monoisotopic (exact) mass is 314 g/mol. The van der Waals surface area contributed by atoms with Crippen LogP contribution in [0.4, 0.5) is 0 Å². The molecule has 0 spiro atoms. The van der Waals surface area contributed by atoms with E-state index in [0.717, 1.165) is 5.39 Å². The van der Waals surface area contributed by atoms with Crippen LogP contribution in [0.15, 0.2) is 39.5 Å². The van der Waals surface area contributed by atoms with Crippen LogP contribution in [0.2, 0.25) is 0 Å². The van der Waals surface area contributed by atoms with Crippen LogP contribution in [-0.4, -0.2) is 21.7 Å². The molecule has 1 heterocycles. The minimum atomic E-state index is -3.91. The van der Waals surface area contributed by atoms with E-state index in [2.05, 4.69) is 0 Å². The van der Waals surface area contributed by atoms with Crippen molar-refractivity contribution in [2.75, 3.05) is 11.9 Å². The summed E-state index contributed by atoms with van der Waals surface area (Å²) in [6.45, 7) is 0. The standard InChI is InChI=1S/C13H15O5PS/c14-13-11(9-20-7-3-6-19(15,16)17)8-10-4-1-2-5-12(10)18-13/h1-2,4-5,8H,3,6-7,9H2,(H2,15,16,17). The zero-order valence-electron chi connectivity index (χ0n) is 10.7. The first-order valence-corrected chi connectivity index (χ1v) is 9.05. The van der Waals surface area contributed by atoms with Gasteiger partial charge < -0.3 is 14.2 Å². The first kappa shape index (κ1) is 15.3. The van der Waals surface area contributed by atoms with E-state index < -0.39 is 7.60 Å². The van der Waals surface area contributed by atoms with Crippen molar-refractivity contribution in [3.63, 3.8) is 0 Å². The lowest BCUT2D eigenvalue weighted by molar-refractivity contribution is 0.372. The molecule has 0 aliphatic rings. The smallest absolute Gasteiger partial charge is 0.340 e. The van der Waals surface area contributed by atoms with Gasteiger partial charge in [0.1, 0.15) is 5.58 Å². The van der Waals surface area contributed by atoms with Gasteiger partial charge in [0.2, 0.25) is 0 Å². The highest BCUT2D eigenvalue weighted by molar-refractivity contribution is 7.98. The van der Waals surface area contributed by atoms with Gasteiger partial charge in [-0.2, -0.15) is 11.8 Å². The highest BCUT2D eigenvalue weighted by Gasteiger charge is 2.11. The Kier molecular flexibility index (Phi) is 5.05. The third-order valence-electron chi connectivity index (χ3n) is 2.71. The van der Waals surface area contributed by atoms with E-state index in [1.807, 2.05) is 18.2 Å². The second-order valence-corrected chi connectivity index (χ2v) is 7.27. The van der Waals surface area contributed by atoms with Gasteiger partial charge >= 0.3 is 13.2 Å². The average molecular weight is 314 g/mol. The maximum Gasteiger partial charge on any atom is 0.340 e. The number of benzene rings is 1. The summed E-state index contributed by atoms with van der Waals surface area (Å²) in [5.74, 6) is 1.08. The maximum absolute atomic E-state index is 11.8. The lowest BCUT2D eigenvalue weighted by Gasteiger charge is -2.04. The Morgan fingerprint density at radius 1 is 1.25 bits per heavy atom. The fourth-order valence-electron chi connectivity index (χ4n) is 1.76. The Hall–Kier alpha value is -1.07. The number of rotatable bonds is 6. The Balaban J connectivity index is 1.95. The third kappa shape index (κ3) is 4.49. The van der Waals surface area contributed by atoms with E-state index in [4.69, 9.17) is 14.2 Å². The van der Waals surface area contributed by atoms with Gasteiger partial charge in [-0.1, -0.05) is 18.2 Å². The molecule has 0 fully saturated rings. The Morgan fingerprint density at radius 3 is 2.75 bits per heavy atom. The molecule has 0 saturated carbocycles. The zero-order valence-corrected chi connectivity index (χ0v) is 12.4. The average Bonchev–Trinajstić information content (AvgIpc) is 2.37. The van der Waals surface area contributed by atoms with Crippen molar-refractivity contribution in [3.05, 3.63) is 46.3 Å². The van der Waals surface area contributed by atoms with Crippen molar-refractivity contribution in [1.29, 1.82) is 0 Å². The summed E-state index contributed by atoms with van der Waals surface area (Å²) in [7, 11) is -3.91. The first-order valence-electron chi connectivity index (χ1n) is 6.10. The van der Waals surface area contributed by atoms with Crippen LogP contribution >= 0.6 is 19.4 Å². The van der Waals surface area contributed by atoms with Crippen molar-refractivity contribution >= 4 is 30.3 Å². The molecule has 20 heavy (non-hydrogen) atoms. The summed E-state index contributed by atoms with van der Waals surface area (Å²) in [5, 5.41) is 0.873. The lowest BCUT2D eigenvalue weighted by atomic mass is 10.2. The van der Waals surface area contributed by atoms with Gasteiger partial charge in [-0.25, -0.2) is 4.79 Å². The maximum atomic E-state index is 11.8. The Morgan fingerprint density at radius 2 is 2.00 bits per heavy atom. The van der Waals surface area contributed by atoms with Gasteiger partial charge in [-0.15, -0.1) is 0 Å². The summed E-state index contributed by atoms with van der Waals surface area (Å²) in [4.78, 5) is 29.2. The zero-order chi connectivity index (χ0) is 14.6. The van der Waals surface area contributed by atoms with Gasteiger partial charge in [0.05, 0.1) is 6.16 Å². The molecule has 0 radical (unpaired) electrons. The second kappa shape index (κ2) is 6.59. The number of hydrogen-bond acceptors (Lipinski definition) is 4. The van der Waals surface area contributed by atoms with E-state index in [1.165, 1.54) is 11.8 Å². The number of thioether (sulfide) groups is 1. The van der Waals surface area contributed by atoms with E-state index in [0.29, 0.717) is 29.1 Å². The lowest BCUT2D eigenvalue weighted by Crippen LogP contribution is -2.06. The van der Waals surface area contributed by atoms with Crippen LogP contribution < -0.4 is 5.63 Å². The van der Waals surface area contributed by atoms with Crippen LogP contribution in [0.3, 0.4) is 0 Å². The normalized spacial score (nSPS) is 11.9. The van der Waals surface area contributed by atoms with E-state index >= 15 is 0 Å². The molecule has 0 bridgehead atoms. The summed E-state index contributed by atoms with van der Waals surface area (Å²) in [6.07, 6.45) is 0.306. The summed E-state index contributed by atoms with van der Waals surface area (Å²) >= 11 is 1.47. The summed E-state index contributed by atoms with van der Waals surface area (Å²) in [6, 6.07) is 9.10.